The smallest absolute Gasteiger partial charge is 0.140 e. The SMILES string of the molecule is Fc1cccc(Nc2nc(-c3ccccc3)cc3ncccc23)c1. The molecule has 0 fully saturated rings. The molecule has 1 N–H and O–H groups in total. The molecule has 24 heavy (non-hydrogen) atoms. The molecule has 0 atom stereocenters. The van der Waals surface area contributed by atoms with Crippen LogP contribution in [0.4, 0.5) is 15.9 Å². The third-order valence-corrected chi connectivity index (χ3v) is 3.76. The first-order chi connectivity index (χ1) is 11.8. The summed E-state index contributed by atoms with van der Waals surface area (Å²) in [7, 11) is 0. The molecule has 0 radical (unpaired) electrons. The second kappa shape index (κ2) is 6.08. The molecule has 4 aromatic rings. The van der Waals surface area contributed by atoms with Crippen LogP contribution in [-0.4, -0.2) is 9.97 Å². The van der Waals surface area contributed by atoms with E-state index in [1.54, 1.807) is 12.3 Å². The van der Waals surface area contributed by atoms with Crippen molar-refractivity contribution in [3.8, 4) is 11.3 Å². The molecular weight excluding hydrogens is 301 g/mol. The molecule has 2 aromatic heterocycles. The Bertz CT molecular complexity index is 1000. The molecule has 116 valence electrons. The van der Waals surface area contributed by atoms with Crippen LogP contribution in [0.25, 0.3) is 22.2 Å². The number of fused-ring (bicyclic) bond motifs is 1. The molecular formula is C20H14FN3. The zero-order chi connectivity index (χ0) is 16.4. The van der Waals surface area contributed by atoms with Crippen molar-refractivity contribution in [2.24, 2.45) is 0 Å². The van der Waals surface area contributed by atoms with Gasteiger partial charge in [0.05, 0.1) is 11.2 Å². The summed E-state index contributed by atoms with van der Waals surface area (Å²) in [6.07, 6.45) is 1.75. The van der Waals surface area contributed by atoms with Gasteiger partial charge in [-0.2, -0.15) is 0 Å². The highest BCUT2D eigenvalue weighted by Crippen LogP contribution is 2.28. The molecule has 4 rings (SSSR count). The highest BCUT2D eigenvalue weighted by atomic mass is 19.1. The number of nitrogens with one attached hydrogen (secondary N) is 1. The van der Waals surface area contributed by atoms with E-state index in [1.807, 2.05) is 54.6 Å². The van der Waals surface area contributed by atoms with Crippen LogP contribution in [0, 0.1) is 5.82 Å². The van der Waals surface area contributed by atoms with Crippen LogP contribution in [0.15, 0.2) is 79.0 Å². The van der Waals surface area contributed by atoms with Gasteiger partial charge in [0.2, 0.25) is 0 Å². The number of hydrogen-bond acceptors (Lipinski definition) is 3. The zero-order valence-corrected chi connectivity index (χ0v) is 12.8. The van der Waals surface area contributed by atoms with Crippen molar-refractivity contribution < 1.29 is 4.39 Å². The minimum atomic E-state index is -0.290. The number of nitrogens with zero attached hydrogens (tertiary/aromatic N) is 2. The fraction of sp³-hybridized carbons (Fsp3) is 0. The standard InChI is InChI=1S/C20H14FN3/c21-15-8-4-9-16(12-15)23-20-17-10-5-11-22-19(17)13-18(24-20)14-6-2-1-3-7-14/h1-13H,(H,23,24). The normalized spacial score (nSPS) is 10.7. The van der Waals surface area contributed by atoms with E-state index in [0.717, 1.165) is 22.2 Å². The summed E-state index contributed by atoms with van der Waals surface area (Å²) in [4.78, 5) is 9.16. The Kier molecular flexibility index (Phi) is 3.63. The summed E-state index contributed by atoms with van der Waals surface area (Å²) in [6.45, 7) is 0. The van der Waals surface area contributed by atoms with Gasteiger partial charge in [-0.1, -0.05) is 36.4 Å². The number of aromatic nitrogens is 2. The summed E-state index contributed by atoms with van der Waals surface area (Å²) in [5, 5.41) is 4.10. The molecule has 0 amide bonds. The second-order valence-corrected chi connectivity index (χ2v) is 5.43. The molecule has 3 nitrogen and oxygen atoms in total. The van der Waals surface area contributed by atoms with Crippen molar-refractivity contribution in [1.29, 1.82) is 0 Å². The van der Waals surface area contributed by atoms with Gasteiger partial charge in [0.1, 0.15) is 11.6 Å². The van der Waals surface area contributed by atoms with E-state index in [4.69, 9.17) is 4.98 Å². The van der Waals surface area contributed by atoms with Crippen LogP contribution in [0.1, 0.15) is 0 Å². The zero-order valence-electron chi connectivity index (χ0n) is 12.8. The Balaban J connectivity index is 1.86. The molecule has 0 unspecified atom stereocenters. The summed E-state index contributed by atoms with van der Waals surface area (Å²) in [5.41, 5.74) is 3.32. The Labute approximate surface area is 138 Å². The number of halogens is 1. The van der Waals surface area contributed by atoms with E-state index in [1.165, 1.54) is 12.1 Å². The van der Waals surface area contributed by atoms with Crippen molar-refractivity contribution in [2.45, 2.75) is 0 Å². The maximum absolute atomic E-state index is 13.5. The van der Waals surface area contributed by atoms with Crippen LogP contribution in [0.3, 0.4) is 0 Å². The average Bonchev–Trinajstić information content (AvgIpc) is 2.62. The van der Waals surface area contributed by atoms with Gasteiger partial charge in [-0.05, 0) is 36.4 Å². The van der Waals surface area contributed by atoms with Gasteiger partial charge in [-0.3, -0.25) is 4.98 Å². The first-order valence-corrected chi connectivity index (χ1v) is 7.63. The largest absolute Gasteiger partial charge is 0.340 e. The van der Waals surface area contributed by atoms with Crippen LogP contribution < -0.4 is 5.32 Å². The van der Waals surface area contributed by atoms with Gasteiger partial charge in [-0.15, -0.1) is 0 Å². The lowest BCUT2D eigenvalue weighted by Gasteiger charge is -2.11. The minimum Gasteiger partial charge on any atom is -0.340 e. The third-order valence-electron chi connectivity index (χ3n) is 3.76. The van der Waals surface area contributed by atoms with Crippen molar-refractivity contribution in [3.63, 3.8) is 0 Å². The van der Waals surface area contributed by atoms with E-state index in [-0.39, 0.29) is 5.82 Å². The van der Waals surface area contributed by atoms with E-state index in [9.17, 15) is 4.39 Å². The first-order valence-electron chi connectivity index (χ1n) is 7.63. The molecule has 4 heteroatoms. The molecule has 0 aliphatic rings. The summed E-state index contributed by atoms with van der Waals surface area (Å²) >= 11 is 0. The molecule has 0 spiro atoms. The van der Waals surface area contributed by atoms with E-state index < -0.39 is 0 Å². The molecule has 0 aliphatic heterocycles. The molecule has 2 heterocycles. The number of benzene rings is 2. The quantitative estimate of drug-likeness (QED) is 0.566. The van der Waals surface area contributed by atoms with Gasteiger partial charge in [0.15, 0.2) is 0 Å². The second-order valence-electron chi connectivity index (χ2n) is 5.43. The molecule has 0 saturated heterocycles. The summed E-state index contributed by atoms with van der Waals surface area (Å²) in [6, 6.07) is 22.0. The number of rotatable bonds is 3. The lowest BCUT2D eigenvalue weighted by atomic mass is 10.1. The summed E-state index contributed by atoms with van der Waals surface area (Å²) < 4.78 is 13.5. The molecule has 0 bridgehead atoms. The van der Waals surface area contributed by atoms with Crippen molar-refractivity contribution in [2.75, 3.05) is 5.32 Å². The van der Waals surface area contributed by atoms with Crippen molar-refractivity contribution >= 4 is 22.4 Å². The predicted octanol–water partition coefficient (Wildman–Crippen LogP) is 5.18. The Morgan fingerprint density at radius 1 is 0.833 bits per heavy atom. The highest BCUT2D eigenvalue weighted by Gasteiger charge is 2.09. The van der Waals surface area contributed by atoms with Crippen molar-refractivity contribution in [1.82, 2.24) is 9.97 Å². The van der Waals surface area contributed by atoms with Gasteiger partial charge >= 0.3 is 0 Å². The number of anilines is 2. The first kappa shape index (κ1) is 14.3. The maximum Gasteiger partial charge on any atom is 0.140 e. The maximum atomic E-state index is 13.5. The van der Waals surface area contributed by atoms with E-state index in [2.05, 4.69) is 10.3 Å². The lowest BCUT2D eigenvalue weighted by Crippen LogP contribution is -1.98. The lowest BCUT2D eigenvalue weighted by molar-refractivity contribution is 0.628. The Morgan fingerprint density at radius 2 is 1.71 bits per heavy atom. The predicted molar refractivity (Wildman–Crippen MR) is 94.7 cm³/mol. The molecule has 2 aromatic carbocycles. The van der Waals surface area contributed by atoms with Crippen LogP contribution >= 0.6 is 0 Å². The Morgan fingerprint density at radius 3 is 2.54 bits per heavy atom. The fourth-order valence-corrected chi connectivity index (χ4v) is 2.63. The van der Waals surface area contributed by atoms with Gasteiger partial charge in [0, 0.05) is 22.8 Å². The van der Waals surface area contributed by atoms with Crippen LogP contribution in [-0.2, 0) is 0 Å². The monoisotopic (exact) mass is 315 g/mol. The van der Waals surface area contributed by atoms with Crippen molar-refractivity contribution in [3.05, 3.63) is 84.8 Å². The summed E-state index contributed by atoms with van der Waals surface area (Å²) in [5.74, 6) is 0.367. The van der Waals surface area contributed by atoms with Crippen LogP contribution in [0.2, 0.25) is 0 Å². The number of pyridine rings is 2. The third kappa shape index (κ3) is 2.82. The van der Waals surface area contributed by atoms with Gasteiger partial charge < -0.3 is 5.32 Å². The highest BCUT2D eigenvalue weighted by molar-refractivity contribution is 5.93. The van der Waals surface area contributed by atoms with E-state index in [0.29, 0.717) is 11.5 Å². The number of hydrogen-bond donors (Lipinski definition) is 1. The topological polar surface area (TPSA) is 37.8 Å². The Hall–Kier alpha value is -3.27. The minimum absolute atomic E-state index is 0.290. The molecule has 0 saturated carbocycles. The van der Waals surface area contributed by atoms with Crippen LogP contribution in [0.5, 0.6) is 0 Å². The average molecular weight is 315 g/mol. The fourth-order valence-electron chi connectivity index (χ4n) is 2.63. The van der Waals surface area contributed by atoms with Gasteiger partial charge in [-0.25, -0.2) is 9.37 Å². The molecule has 0 aliphatic carbocycles. The van der Waals surface area contributed by atoms with Gasteiger partial charge in [0.25, 0.3) is 0 Å². The van der Waals surface area contributed by atoms with E-state index >= 15 is 0 Å².